The molecule has 1 aromatic heterocycles. The number of carbonyl (C=O) groups excluding carboxylic acids is 1. The molecule has 1 atom stereocenters. The van der Waals surface area contributed by atoms with Crippen LogP contribution in [-0.2, 0) is 0 Å². The number of amides is 1. The third-order valence-corrected chi connectivity index (χ3v) is 3.99. The molecule has 3 rings (SSSR count). The van der Waals surface area contributed by atoms with Crippen LogP contribution < -0.4 is 0 Å². The maximum atomic E-state index is 12.8. The zero-order valence-corrected chi connectivity index (χ0v) is 11.3. The maximum Gasteiger partial charge on any atom is 0.393 e. The number of aromatic amines is 1. The van der Waals surface area contributed by atoms with E-state index in [9.17, 15) is 18.0 Å². The summed E-state index contributed by atoms with van der Waals surface area (Å²) in [4.78, 5) is 16.8. The van der Waals surface area contributed by atoms with E-state index in [2.05, 4.69) is 4.98 Å². The van der Waals surface area contributed by atoms with Crippen molar-refractivity contribution in [2.24, 2.45) is 5.92 Å². The number of H-pyrrole nitrogens is 1. The zero-order valence-electron chi connectivity index (χ0n) is 11.3. The number of benzene rings is 1. The van der Waals surface area contributed by atoms with Crippen LogP contribution in [0.15, 0.2) is 30.5 Å². The van der Waals surface area contributed by atoms with Gasteiger partial charge < -0.3 is 9.88 Å². The Morgan fingerprint density at radius 1 is 1.29 bits per heavy atom. The van der Waals surface area contributed by atoms with Gasteiger partial charge in [0, 0.05) is 30.2 Å². The summed E-state index contributed by atoms with van der Waals surface area (Å²) < 4.78 is 38.5. The summed E-state index contributed by atoms with van der Waals surface area (Å²) in [7, 11) is 0. The largest absolute Gasteiger partial charge is 0.393 e. The molecule has 112 valence electrons. The van der Waals surface area contributed by atoms with Gasteiger partial charge in [-0.05, 0) is 18.9 Å². The van der Waals surface area contributed by atoms with E-state index in [4.69, 9.17) is 0 Å². The summed E-state index contributed by atoms with van der Waals surface area (Å²) in [6.45, 7) is 0.132. The average molecular weight is 296 g/mol. The number of halogens is 3. The highest BCUT2D eigenvalue weighted by Crippen LogP contribution is 2.34. The maximum absolute atomic E-state index is 12.8. The van der Waals surface area contributed by atoms with Crippen molar-refractivity contribution in [1.29, 1.82) is 0 Å². The van der Waals surface area contributed by atoms with Crippen molar-refractivity contribution in [3.8, 4) is 0 Å². The summed E-state index contributed by atoms with van der Waals surface area (Å²) in [6, 6.07) is 7.28. The molecule has 2 aromatic rings. The van der Waals surface area contributed by atoms with Gasteiger partial charge in [0.05, 0.1) is 11.5 Å². The van der Waals surface area contributed by atoms with Crippen LogP contribution in [-0.4, -0.2) is 35.1 Å². The molecule has 21 heavy (non-hydrogen) atoms. The Hall–Kier alpha value is -1.98. The third kappa shape index (κ3) is 2.62. The molecule has 1 amide bonds. The minimum atomic E-state index is -4.24. The predicted octanol–water partition coefficient (Wildman–Crippen LogP) is 3.58. The summed E-state index contributed by atoms with van der Waals surface area (Å²) in [6.07, 6.45) is -2.18. The van der Waals surface area contributed by atoms with Crippen molar-refractivity contribution in [2.75, 3.05) is 13.1 Å². The summed E-state index contributed by atoms with van der Waals surface area (Å²) in [5.41, 5.74) is 1.25. The first-order chi connectivity index (χ1) is 9.97. The van der Waals surface area contributed by atoms with E-state index in [0.717, 1.165) is 10.9 Å². The van der Waals surface area contributed by atoms with Crippen LogP contribution in [0.5, 0.6) is 0 Å². The van der Waals surface area contributed by atoms with E-state index >= 15 is 0 Å². The molecule has 2 heterocycles. The second kappa shape index (κ2) is 5.09. The molecule has 0 bridgehead atoms. The Bertz CT molecular complexity index is 662. The van der Waals surface area contributed by atoms with Crippen molar-refractivity contribution in [3.05, 3.63) is 36.0 Å². The van der Waals surface area contributed by atoms with Crippen LogP contribution >= 0.6 is 0 Å². The molecule has 1 fully saturated rings. The van der Waals surface area contributed by atoms with Crippen LogP contribution in [0.4, 0.5) is 13.2 Å². The lowest BCUT2D eigenvalue weighted by atomic mass is 9.97. The molecule has 6 heteroatoms. The number of carbonyl (C=O) groups is 1. The van der Waals surface area contributed by atoms with Crippen LogP contribution in [0.1, 0.15) is 23.2 Å². The van der Waals surface area contributed by atoms with Crippen LogP contribution in [0.2, 0.25) is 0 Å². The minimum Gasteiger partial charge on any atom is -0.360 e. The summed E-state index contributed by atoms with van der Waals surface area (Å²) >= 11 is 0. The Morgan fingerprint density at radius 3 is 2.81 bits per heavy atom. The molecule has 0 spiro atoms. The Labute approximate surface area is 119 Å². The average Bonchev–Trinajstić information content (AvgIpc) is 2.90. The smallest absolute Gasteiger partial charge is 0.360 e. The van der Waals surface area contributed by atoms with Crippen molar-refractivity contribution >= 4 is 16.8 Å². The summed E-state index contributed by atoms with van der Waals surface area (Å²) in [5, 5.41) is 0.747. The van der Waals surface area contributed by atoms with Gasteiger partial charge >= 0.3 is 6.18 Å². The molecule has 1 N–H and O–H groups in total. The SMILES string of the molecule is O=C(c1c[nH]c2ccccc12)N1CCCC(C(F)(F)F)C1. The lowest BCUT2D eigenvalue weighted by Gasteiger charge is -2.33. The van der Waals surface area contributed by atoms with Gasteiger partial charge in [-0.2, -0.15) is 13.2 Å². The van der Waals surface area contributed by atoms with E-state index in [1.165, 1.54) is 4.90 Å². The molecule has 1 aliphatic rings. The number of alkyl halides is 3. The molecule has 1 aromatic carbocycles. The molecule has 0 radical (unpaired) electrons. The molecule has 3 nitrogen and oxygen atoms in total. The first kappa shape index (κ1) is 14.0. The normalized spacial score (nSPS) is 20.0. The van der Waals surface area contributed by atoms with Crippen LogP contribution in [0.3, 0.4) is 0 Å². The zero-order chi connectivity index (χ0) is 15.0. The highest BCUT2D eigenvalue weighted by Gasteiger charge is 2.42. The van der Waals surface area contributed by atoms with Crippen molar-refractivity contribution < 1.29 is 18.0 Å². The molecular weight excluding hydrogens is 281 g/mol. The Balaban J connectivity index is 1.85. The third-order valence-electron chi connectivity index (χ3n) is 3.99. The van der Waals surface area contributed by atoms with E-state index in [0.29, 0.717) is 18.5 Å². The predicted molar refractivity (Wildman–Crippen MR) is 73.0 cm³/mol. The number of para-hydroxylation sites is 1. The number of nitrogens with zero attached hydrogens (tertiary/aromatic N) is 1. The minimum absolute atomic E-state index is 0.0984. The van der Waals surface area contributed by atoms with Crippen LogP contribution in [0, 0.1) is 5.92 Å². The Kier molecular flexibility index (Phi) is 3.39. The van der Waals surface area contributed by atoms with E-state index in [1.54, 1.807) is 12.3 Å². The Morgan fingerprint density at radius 2 is 2.05 bits per heavy atom. The van der Waals surface area contributed by atoms with Gasteiger partial charge in [-0.3, -0.25) is 4.79 Å². The number of aromatic nitrogens is 1. The van der Waals surface area contributed by atoms with Crippen molar-refractivity contribution in [3.63, 3.8) is 0 Å². The second-order valence-electron chi connectivity index (χ2n) is 5.38. The van der Waals surface area contributed by atoms with Gasteiger partial charge in [0.15, 0.2) is 0 Å². The number of hydrogen-bond acceptors (Lipinski definition) is 1. The van der Waals surface area contributed by atoms with Gasteiger partial charge in [0.2, 0.25) is 0 Å². The van der Waals surface area contributed by atoms with Gasteiger partial charge in [-0.1, -0.05) is 18.2 Å². The fraction of sp³-hybridized carbons (Fsp3) is 0.400. The lowest BCUT2D eigenvalue weighted by Crippen LogP contribution is -2.44. The van der Waals surface area contributed by atoms with Crippen LogP contribution in [0.25, 0.3) is 10.9 Å². The fourth-order valence-corrected chi connectivity index (χ4v) is 2.85. The highest BCUT2D eigenvalue weighted by molar-refractivity contribution is 6.06. The van der Waals surface area contributed by atoms with Crippen molar-refractivity contribution in [2.45, 2.75) is 19.0 Å². The number of nitrogens with one attached hydrogen (secondary N) is 1. The van der Waals surface area contributed by atoms with E-state index in [1.807, 2.05) is 18.2 Å². The standard InChI is InChI=1S/C15H15F3N2O/c16-15(17,18)10-4-3-7-20(9-10)14(21)12-8-19-13-6-2-1-5-11(12)13/h1-2,5-6,8,10,19H,3-4,7,9H2. The second-order valence-corrected chi connectivity index (χ2v) is 5.38. The monoisotopic (exact) mass is 296 g/mol. The number of piperidine rings is 1. The number of rotatable bonds is 1. The van der Waals surface area contributed by atoms with Gasteiger partial charge in [0.25, 0.3) is 5.91 Å². The number of fused-ring (bicyclic) bond motifs is 1. The fourth-order valence-electron chi connectivity index (χ4n) is 2.85. The first-order valence-electron chi connectivity index (χ1n) is 6.89. The van der Waals surface area contributed by atoms with Crippen molar-refractivity contribution in [1.82, 2.24) is 9.88 Å². The molecule has 0 saturated carbocycles. The van der Waals surface area contributed by atoms with E-state index in [-0.39, 0.29) is 18.9 Å². The number of likely N-dealkylation sites (tertiary alicyclic amines) is 1. The molecule has 1 unspecified atom stereocenters. The highest BCUT2D eigenvalue weighted by atomic mass is 19.4. The molecular formula is C15H15F3N2O. The summed E-state index contributed by atoms with van der Waals surface area (Å²) in [5.74, 6) is -1.75. The lowest BCUT2D eigenvalue weighted by molar-refractivity contribution is -0.184. The molecule has 1 aliphatic heterocycles. The first-order valence-corrected chi connectivity index (χ1v) is 6.89. The van der Waals surface area contributed by atoms with Gasteiger partial charge in [-0.15, -0.1) is 0 Å². The van der Waals surface area contributed by atoms with Gasteiger partial charge in [-0.25, -0.2) is 0 Å². The topological polar surface area (TPSA) is 36.1 Å². The molecule has 0 aliphatic carbocycles. The number of hydrogen-bond donors (Lipinski definition) is 1. The molecule has 1 saturated heterocycles. The quantitative estimate of drug-likeness (QED) is 0.858. The van der Waals surface area contributed by atoms with E-state index < -0.39 is 12.1 Å². The van der Waals surface area contributed by atoms with Gasteiger partial charge in [0.1, 0.15) is 0 Å².